The van der Waals surface area contributed by atoms with E-state index in [4.69, 9.17) is 5.11 Å². The Morgan fingerprint density at radius 2 is 2.38 bits per heavy atom. The van der Waals surface area contributed by atoms with E-state index in [2.05, 4.69) is 12.3 Å². The van der Waals surface area contributed by atoms with Gasteiger partial charge in [-0.3, -0.25) is 0 Å². The summed E-state index contributed by atoms with van der Waals surface area (Å²) in [6, 6.07) is 0. The van der Waals surface area contributed by atoms with Crippen LogP contribution in [0.3, 0.4) is 0 Å². The van der Waals surface area contributed by atoms with Crippen molar-refractivity contribution in [3.05, 3.63) is 30.5 Å². The second-order valence-corrected chi connectivity index (χ2v) is 1.07. The monoisotopic (exact) mass is 110 g/mol. The first-order valence-corrected chi connectivity index (χ1v) is 2.03. The molecule has 42 valence electrons. The molecule has 0 bridgehead atoms. The molecule has 0 saturated carbocycles. The van der Waals surface area contributed by atoms with E-state index in [0.29, 0.717) is 0 Å². The van der Waals surface area contributed by atoms with Gasteiger partial charge >= 0.3 is 5.97 Å². The van der Waals surface area contributed by atoms with E-state index < -0.39 is 5.97 Å². The molecule has 0 radical (unpaired) electrons. The summed E-state index contributed by atoms with van der Waals surface area (Å²) in [6.45, 7) is 3.23. The van der Waals surface area contributed by atoms with Crippen LogP contribution in [0.15, 0.2) is 30.5 Å². The van der Waals surface area contributed by atoms with Gasteiger partial charge in [-0.25, -0.2) is 4.79 Å². The van der Waals surface area contributed by atoms with Gasteiger partial charge in [0.25, 0.3) is 0 Å². The molecule has 0 aromatic rings. The molecule has 0 rings (SSSR count). The lowest BCUT2D eigenvalue weighted by Crippen LogP contribution is -1.83. The van der Waals surface area contributed by atoms with Crippen LogP contribution in [0, 0.1) is 0 Å². The lowest BCUT2D eigenvalue weighted by molar-refractivity contribution is -0.131. The number of carbonyl (C=O) groups is 1. The molecule has 2 nitrogen and oxygen atoms in total. The highest BCUT2D eigenvalue weighted by molar-refractivity contribution is 5.80. The Kier molecular flexibility index (Phi) is 3.28. The molecule has 0 aliphatic heterocycles. The van der Waals surface area contributed by atoms with Crippen LogP contribution in [0.4, 0.5) is 0 Å². The van der Waals surface area contributed by atoms with E-state index in [9.17, 15) is 4.79 Å². The quantitative estimate of drug-likeness (QED) is 0.326. The molecular weight excluding hydrogens is 104 g/mol. The van der Waals surface area contributed by atoms with Gasteiger partial charge in [0.15, 0.2) is 0 Å². The number of carboxylic acids is 1. The molecule has 0 aliphatic rings. The highest BCUT2D eigenvalue weighted by Crippen LogP contribution is 1.71. The number of allylic oxidation sites excluding steroid dienone is 2. The summed E-state index contributed by atoms with van der Waals surface area (Å²) < 4.78 is 0. The number of hydrogen-bond acceptors (Lipinski definition) is 1. The lowest BCUT2D eigenvalue weighted by atomic mass is 10.5. The van der Waals surface area contributed by atoms with Crippen LogP contribution in [-0.4, -0.2) is 11.1 Å². The third kappa shape index (κ3) is 4.73. The topological polar surface area (TPSA) is 37.3 Å². The molecule has 0 aromatic carbocycles. The first-order chi connectivity index (χ1) is 3.77. The fourth-order valence-electron chi connectivity index (χ4n) is 0.198. The molecule has 0 unspecified atom stereocenters. The molecule has 0 amide bonds. The SMILES string of the molecule is C=C=CC=CC(=O)O. The van der Waals surface area contributed by atoms with Gasteiger partial charge < -0.3 is 5.11 Å². The summed E-state index contributed by atoms with van der Waals surface area (Å²) in [6.07, 6.45) is 3.79. The Morgan fingerprint density at radius 1 is 1.75 bits per heavy atom. The van der Waals surface area contributed by atoms with Crippen molar-refractivity contribution in [2.45, 2.75) is 0 Å². The van der Waals surface area contributed by atoms with E-state index in [-0.39, 0.29) is 0 Å². The molecule has 0 aliphatic carbocycles. The van der Waals surface area contributed by atoms with Crippen molar-refractivity contribution in [3.63, 3.8) is 0 Å². The summed E-state index contributed by atoms with van der Waals surface area (Å²) in [5, 5.41) is 7.99. The fourth-order valence-corrected chi connectivity index (χ4v) is 0.198. The van der Waals surface area contributed by atoms with Crippen molar-refractivity contribution in [1.29, 1.82) is 0 Å². The van der Waals surface area contributed by atoms with E-state index in [1.807, 2.05) is 0 Å². The Hall–Kier alpha value is -1.27. The van der Waals surface area contributed by atoms with E-state index in [1.165, 1.54) is 12.2 Å². The minimum absolute atomic E-state index is 0.962. The van der Waals surface area contributed by atoms with Crippen LogP contribution >= 0.6 is 0 Å². The van der Waals surface area contributed by atoms with E-state index in [1.54, 1.807) is 0 Å². The van der Waals surface area contributed by atoms with Gasteiger partial charge in [0.05, 0.1) is 0 Å². The fraction of sp³-hybridized carbons (Fsp3) is 0. The zero-order valence-electron chi connectivity index (χ0n) is 4.29. The molecular formula is C6H6O2. The molecule has 8 heavy (non-hydrogen) atoms. The maximum Gasteiger partial charge on any atom is 0.328 e. The smallest absolute Gasteiger partial charge is 0.328 e. The Morgan fingerprint density at radius 3 is 2.75 bits per heavy atom. The first-order valence-electron chi connectivity index (χ1n) is 2.03. The number of hydrogen-bond donors (Lipinski definition) is 1. The molecule has 0 aromatic heterocycles. The molecule has 0 saturated heterocycles. The van der Waals surface area contributed by atoms with Gasteiger partial charge in [0.1, 0.15) is 0 Å². The summed E-state index contributed by atoms with van der Waals surface area (Å²) >= 11 is 0. The third-order valence-corrected chi connectivity index (χ3v) is 0.453. The summed E-state index contributed by atoms with van der Waals surface area (Å²) in [7, 11) is 0. The van der Waals surface area contributed by atoms with Gasteiger partial charge in [-0.05, 0) is 12.2 Å². The van der Waals surface area contributed by atoms with Crippen molar-refractivity contribution >= 4 is 5.97 Å². The normalized spacial score (nSPS) is 8.50. The molecule has 0 heterocycles. The Labute approximate surface area is 47.5 Å². The van der Waals surface area contributed by atoms with E-state index >= 15 is 0 Å². The number of rotatable bonds is 2. The minimum atomic E-state index is -0.962. The van der Waals surface area contributed by atoms with Crippen LogP contribution < -0.4 is 0 Å². The van der Waals surface area contributed by atoms with Gasteiger partial charge in [-0.15, -0.1) is 5.73 Å². The predicted molar refractivity (Wildman–Crippen MR) is 30.5 cm³/mol. The molecule has 0 fully saturated rings. The molecule has 0 atom stereocenters. The van der Waals surface area contributed by atoms with Crippen LogP contribution in [0.1, 0.15) is 0 Å². The summed E-state index contributed by atoms with van der Waals surface area (Å²) in [5.41, 5.74) is 2.40. The largest absolute Gasteiger partial charge is 0.478 e. The summed E-state index contributed by atoms with van der Waals surface area (Å²) in [4.78, 5) is 9.72. The van der Waals surface area contributed by atoms with E-state index in [0.717, 1.165) is 6.08 Å². The minimum Gasteiger partial charge on any atom is -0.478 e. The second kappa shape index (κ2) is 3.90. The van der Waals surface area contributed by atoms with Gasteiger partial charge in [0.2, 0.25) is 0 Å². The maximum atomic E-state index is 9.72. The van der Waals surface area contributed by atoms with Gasteiger partial charge in [-0.2, -0.15) is 0 Å². The molecule has 1 N–H and O–H groups in total. The van der Waals surface area contributed by atoms with Crippen molar-refractivity contribution in [3.8, 4) is 0 Å². The molecule has 2 heteroatoms. The van der Waals surface area contributed by atoms with Crippen molar-refractivity contribution in [2.75, 3.05) is 0 Å². The maximum absolute atomic E-state index is 9.72. The van der Waals surface area contributed by atoms with Crippen LogP contribution in [-0.2, 0) is 4.79 Å². The first kappa shape index (κ1) is 6.73. The van der Waals surface area contributed by atoms with Crippen molar-refractivity contribution in [2.24, 2.45) is 0 Å². The third-order valence-electron chi connectivity index (χ3n) is 0.453. The predicted octanol–water partition coefficient (Wildman–Crippen LogP) is 0.968. The Bertz CT molecular complexity index is 146. The van der Waals surface area contributed by atoms with Gasteiger partial charge in [0, 0.05) is 6.08 Å². The van der Waals surface area contributed by atoms with Crippen molar-refractivity contribution in [1.82, 2.24) is 0 Å². The van der Waals surface area contributed by atoms with Crippen LogP contribution in [0.5, 0.6) is 0 Å². The Balaban J connectivity index is 3.67. The summed E-state index contributed by atoms with van der Waals surface area (Å²) in [5.74, 6) is -0.962. The lowest BCUT2D eigenvalue weighted by Gasteiger charge is -1.70. The van der Waals surface area contributed by atoms with Gasteiger partial charge in [-0.1, -0.05) is 6.58 Å². The zero-order valence-corrected chi connectivity index (χ0v) is 4.29. The van der Waals surface area contributed by atoms with Crippen LogP contribution in [0.25, 0.3) is 0 Å². The highest BCUT2D eigenvalue weighted by atomic mass is 16.4. The average molecular weight is 110 g/mol. The highest BCUT2D eigenvalue weighted by Gasteiger charge is 1.78. The van der Waals surface area contributed by atoms with Crippen LogP contribution in [0.2, 0.25) is 0 Å². The zero-order chi connectivity index (χ0) is 6.41. The molecule has 0 spiro atoms. The number of aliphatic carboxylic acids is 1. The standard InChI is InChI=1S/C6H6O2/c1-2-3-4-5-6(7)8/h3-5H,1H2,(H,7,8). The van der Waals surface area contributed by atoms with Crippen molar-refractivity contribution < 1.29 is 9.90 Å². The average Bonchev–Trinajstić information content (AvgIpc) is 1.66. The second-order valence-electron chi connectivity index (χ2n) is 1.07. The number of carboxylic acid groups (broad SMARTS) is 1.